The molecule has 3 unspecified atom stereocenters. The van der Waals surface area contributed by atoms with E-state index in [9.17, 15) is 0 Å². The van der Waals surface area contributed by atoms with Crippen LogP contribution in [0.5, 0.6) is 0 Å². The first-order valence-corrected chi connectivity index (χ1v) is 6.34. The second-order valence-electron chi connectivity index (χ2n) is 5.07. The molecule has 3 nitrogen and oxygen atoms in total. The van der Waals surface area contributed by atoms with Crippen LogP contribution in [-0.4, -0.2) is 49.3 Å². The van der Waals surface area contributed by atoms with Crippen molar-refractivity contribution >= 4 is 0 Å². The molecule has 3 heteroatoms. The highest BCUT2D eigenvalue weighted by Crippen LogP contribution is 2.16. The summed E-state index contributed by atoms with van der Waals surface area (Å²) in [6.45, 7) is 8.90. The summed E-state index contributed by atoms with van der Waals surface area (Å²) in [4.78, 5) is 2.62. The monoisotopic (exact) mass is 212 g/mol. The van der Waals surface area contributed by atoms with Gasteiger partial charge in [0.05, 0.1) is 6.10 Å². The van der Waals surface area contributed by atoms with E-state index in [-0.39, 0.29) is 0 Å². The molecule has 0 spiro atoms. The minimum absolute atomic E-state index is 0.409. The lowest BCUT2D eigenvalue weighted by Crippen LogP contribution is -2.50. The molecule has 15 heavy (non-hydrogen) atoms. The molecule has 0 saturated carbocycles. The normalized spacial score (nSPS) is 40.0. The van der Waals surface area contributed by atoms with Gasteiger partial charge in [-0.15, -0.1) is 0 Å². The number of hydrogen-bond acceptors (Lipinski definition) is 3. The van der Waals surface area contributed by atoms with Crippen molar-refractivity contribution < 1.29 is 4.74 Å². The first-order valence-electron chi connectivity index (χ1n) is 6.34. The van der Waals surface area contributed by atoms with Crippen LogP contribution in [-0.2, 0) is 4.74 Å². The average molecular weight is 212 g/mol. The molecular weight excluding hydrogens is 188 g/mol. The minimum atomic E-state index is 0.409. The number of ether oxygens (including phenoxy) is 1. The van der Waals surface area contributed by atoms with E-state index in [4.69, 9.17) is 4.74 Å². The maximum atomic E-state index is 5.68. The van der Waals surface area contributed by atoms with Crippen LogP contribution in [0, 0.1) is 0 Å². The second-order valence-corrected chi connectivity index (χ2v) is 5.07. The Balaban J connectivity index is 1.85. The van der Waals surface area contributed by atoms with Gasteiger partial charge in [0, 0.05) is 38.3 Å². The van der Waals surface area contributed by atoms with E-state index in [0.29, 0.717) is 12.1 Å². The summed E-state index contributed by atoms with van der Waals surface area (Å²) in [5.41, 5.74) is 0. The average Bonchev–Trinajstić information content (AvgIpc) is 2.44. The zero-order chi connectivity index (χ0) is 10.7. The Bertz CT molecular complexity index is 190. The molecule has 2 heterocycles. The van der Waals surface area contributed by atoms with E-state index >= 15 is 0 Å². The molecule has 1 N–H and O–H groups in total. The third kappa shape index (κ3) is 3.16. The SMILES string of the molecule is CC1CCC(N2CCCOC(C)C2)CN1. The van der Waals surface area contributed by atoms with Crippen LogP contribution in [0.2, 0.25) is 0 Å². The van der Waals surface area contributed by atoms with Crippen molar-refractivity contribution in [2.75, 3.05) is 26.2 Å². The van der Waals surface area contributed by atoms with Gasteiger partial charge < -0.3 is 10.1 Å². The first kappa shape index (κ1) is 11.4. The van der Waals surface area contributed by atoms with Gasteiger partial charge in [-0.05, 0) is 33.1 Å². The molecule has 0 aromatic rings. The van der Waals surface area contributed by atoms with Gasteiger partial charge in [0.15, 0.2) is 0 Å². The largest absolute Gasteiger partial charge is 0.377 e. The first-order chi connectivity index (χ1) is 7.25. The van der Waals surface area contributed by atoms with Gasteiger partial charge in [0.1, 0.15) is 0 Å². The smallest absolute Gasteiger partial charge is 0.0674 e. The number of piperidine rings is 1. The summed E-state index contributed by atoms with van der Waals surface area (Å²) in [5.74, 6) is 0. The van der Waals surface area contributed by atoms with E-state index < -0.39 is 0 Å². The fourth-order valence-corrected chi connectivity index (χ4v) is 2.65. The highest BCUT2D eigenvalue weighted by Gasteiger charge is 2.25. The molecule has 0 aliphatic carbocycles. The highest BCUT2D eigenvalue weighted by molar-refractivity contribution is 4.83. The van der Waals surface area contributed by atoms with Crippen molar-refractivity contribution in [3.05, 3.63) is 0 Å². The van der Waals surface area contributed by atoms with E-state index in [1.165, 1.54) is 25.8 Å². The Morgan fingerprint density at radius 2 is 2.13 bits per heavy atom. The van der Waals surface area contributed by atoms with E-state index in [1.807, 2.05) is 0 Å². The van der Waals surface area contributed by atoms with Crippen molar-refractivity contribution in [2.45, 2.75) is 51.3 Å². The molecule has 2 saturated heterocycles. The lowest BCUT2D eigenvalue weighted by atomic mass is 10.0. The lowest BCUT2D eigenvalue weighted by molar-refractivity contribution is 0.0566. The molecule has 0 aromatic carbocycles. The Morgan fingerprint density at radius 1 is 1.27 bits per heavy atom. The van der Waals surface area contributed by atoms with E-state index in [2.05, 4.69) is 24.1 Å². The molecule has 0 radical (unpaired) electrons. The van der Waals surface area contributed by atoms with Crippen LogP contribution < -0.4 is 5.32 Å². The van der Waals surface area contributed by atoms with Crippen molar-refractivity contribution in [2.24, 2.45) is 0 Å². The quantitative estimate of drug-likeness (QED) is 0.708. The summed E-state index contributed by atoms with van der Waals surface area (Å²) >= 11 is 0. The second kappa shape index (κ2) is 5.28. The predicted octanol–water partition coefficient (Wildman–Crippen LogP) is 1.24. The van der Waals surface area contributed by atoms with Crippen molar-refractivity contribution in [1.29, 1.82) is 0 Å². The van der Waals surface area contributed by atoms with Crippen LogP contribution >= 0.6 is 0 Å². The number of nitrogens with one attached hydrogen (secondary N) is 1. The van der Waals surface area contributed by atoms with Gasteiger partial charge in [-0.1, -0.05) is 0 Å². The van der Waals surface area contributed by atoms with Gasteiger partial charge in [-0.3, -0.25) is 4.90 Å². The van der Waals surface area contributed by atoms with Crippen LogP contribution in [0.3, 0.4) is 0 Å². The Morgan fingerprint density at radius 3 is 2.87 bits per heavy atom. The number of rotatable bonds is 1. The van der Waals surface area contributed by atoms with Crippen molar-refractivity contribution in [1.82, 2.24) is 10.2 Å². The van der Waals surface area contributed by atoms with Gasteiger partial charge in [0.25, 0.3) is 0 Å². The Labute approximate surface area is 93.2 Å². The predicted molar refractivity (Wildman–Crippen MR) is 62.1 cm³/mol. The van der Waals surface area contributed by atoms with Crippen LogP contribution in [0.1, 0.15) is 33.1 Å². The van der Waals surface area contributed by atoms with Gasteiger partial charge in [-0.2, -0.15) is 0 Å². The van der Waals surface area contributed by atoms with Gasteiger partial charge >= 0.3 is 0 Å². The Kier molecular flexibility index (Phi) is 4.00. The van der Waals surface area contributed by atoms with Gasteiger partial charge in [-0.25, -0.2) is 0 Å². The van der Waals surface area contributed by atoms with Crippen molar-refractivity contribution in [3.63, 3.8) is 0 Å². The van der Waals surface area contributed by atoms with Crippen LogP contribution in [0.4, 0.5) is 0 Å². The van der Waals surface area contributed by atoms with Crippen LogP contribution in [0.25, 0.3) is 0 Å². The molecular formula is C12H24N2O. The fourth-order valence-electron chi connectivity index (χ4n) is 2.65. The standard InChI is InChI=1S/C12H24N2O/c1-10-4-5-12(8-13-10)14-6-3-7-15-11(2)9-14/h10-13H,3-9H2,1-2H3. The topological polar surface area (TPSA) is 24.5 Å². The number of hydrogen-bond donors (Lipinski definition) is 1. The molecule has 2 aliphatic heterocycles. The molecule has 2 fully saturated rings. The van der Waals surface area contributed by atoms with E-state index in [1.54, 1.807) is 0 Å². The maximum Gasteiger partial charge on any atom is 0.0674 e. The van der Waals surface area contributed by atoms with E-state index in [0.717, 1.165) is 25.7 Å². The lowest BCUT2D eigenvalue weighted by Gasteiger charge is -2.36. The Hall–Kier alpha value is -0.120. The van der Waals surface area contributed by atoms with Crippen molar-refractivity contribution in [3.8, 4) is 0 Å². The molecule has 2 rings (SSSR count). The fraction of sp³-hybridized carbons (Fsp3) is 1.00. The zero-order valence-corrected chi connectivity index (χ0v) is 10.0. The summed E-state index contributed by atoms with van der Waals surface area (Å²) in [7, 11) is 0. The minimum Gasteiger partial charge on any atom is -0.377 e. The molecule has 0 amide bonds. The molecule has 0 aromatic heterocycles. The third-order valence-corrected chi connectivity index (χ3v) is 3.63. The molecule has 3 atom stereocenters. The molecule has 0 bridgehead atoms. The third-order valence-electron chi connectivity index (χ3n) is 3.63. The summed E-state index contributed by atoms with van der Waals surface area (Å²) < 4.78 is 5.68. The maximum absolute atomic E-state index is 5.68. The van der Waals surface area contributed by atoms with Gasteiger partial charge in [0.2, 0.25) is 0 Å². The highest BCUT2D eigenvalue weighted by atomic mass is 16.5. The zero-order valence-electron chi connectivity index (χ0n) is 10.0. The summed E-state index contributed by atoms with van der Waals surface area (Å²) in [6, 6.07) is 1.45. The molecule has 2 aliphatic rings. The summed E-state index contributed by atoms with van der Waals surface area (Å²) in [6.07, 6.45) is 4.26. The van der Waals surface area contributed by atoms with Crippen LogP contribution in [0.15, 0.2) is 0 Å². The summed E-state index contributed by atoms with van der Waals surface area (Å²) in [5, 5.41) is 3.58. The number of nitrogens with zero attached hydrogens (tertiary/aromatic N) is 1. The molecule has 88 valence electrons.